The van der Waals surface area contributed by atoms with Gasteiger partial charge in [-0.1, -0.05) is 0 Å². The molecule has 2 rings (SSSR count). The van der Waals surface area contributed by atoms with Crippen LogP contribution in [0.1, 0.15) is 10.4 Å². The zero-order valence-corrected chi connectivity index (χ0v) is 6.04. The molecule has 0 aromatic heterocycles. The molecule has 0 saturated carbocycles. The van der Waals surface area contributed by atoms with Crippen LogP contribution in [0.2, 0.25) is 0 Å². The lowest BCUT2D eigenvalue weighted by atomic mass is 10.1. The van der Waals surface area contributed by atoms with E-state index in [-0.39, 0.29) is 0 Å². The molecule has 0 aliphatic carbocycles. The Labute approximate surface area is 67.8 Å². The molecule has 1 aliphatic heterocycles. The molecular weight excluding hydrogens is 161 g/mol. The molecule has 0 radical (unpaired) electrons. The third-order valence-corrected chi connectivity index (χ3v) is 1.79. The minimum absolute atomic E-state index is 0.337. The number of carbonyl (C=O) groups excluding carboxylic acids is 1. The van der Waals surface area contributed by atoms with Crippen LogP contribution in [-0.2, 0) is 0 Å². The lowest BCUT2D eigenvalue weighted by Gasteiger charge is -1.98. The highest BCUT2D eigenvalue weighted by molar-refractivity contribution is 6.09. The minimum Gasteiger partial charge on any atom is -0.367 e. The van der Waals surface area contributed by atoms with Crippen molar-refractivity contribution in [2.24, 2.45) is 0 Å². The van der Waals surface area contributed by atoms with E-state index in [0.717, 1.165) is 0 Å². The number of ketones is 1. The van der Waals surface area contributed by atoms with E-state index in [2.05, 4.69) is 5.32 Å². The summed E-state index contributed by atoms with van der Waals surface area (Å²) in [5.41, 5.74) is 0.691. The van der Waals surface area contributed by atoms with Gasteiger partial charge in [-0.15, -0.1) is 0 Å². The van der Waals surface area contributed by atoms with E-state index in [0.29, 0.717) is 11.3 Å². The predicted octanol–water partition coefficient (Wildman–Crippen LogP) is 0.752. The van der Waals surface area contributed by atoms with Crippen LogP contribution in [0.3, 0.4) is 0 Å². The Bertz CT molecular complexity index is 351. The zero-order valence-electron chi connectivity index (χ0n) is 6.04. The Morgan fingerprint density at radius 1 is 1.50 bits per heavy atom. The summed E-state index contributed by atoms with van der Waals surface area (Å²) in [7, 11) is 0. The number of aliphatic hydroxyl groups excluding tert-OH is 1. The number of rotatable bonds is 0. The molecule has 1 heterocycles. The molecule has 1 aliphatic rings. The Morgan fingerprint density at radius 3 is 3.00 bits per heavy atom. The number of benzene rings is 1. The monoisotopic (exact) mass is 167 g/mol. The van der Waals surface area contributed by atoms with Crippen LogP contribution in [0, 0.1) is 5.82 Å². The maximum atomic E-state index is 12.6. The summed E-state index contributed by atoms with van der Waals surface area (Å²) in [6.45, 7) is 0. The average molecular weight is 167 g/mol. The van der Waals surface area contributed by atoms with Gasteiger partial charge in [0.15, 0.2) is 6.23 Å². The molecule has 12 heavy (non-hydrogen) atoms. The molecule has 1 unspecified atom stereocenters. The van der Waals surface area contributed by atoms with Gasteiger partial charge in [0.25, 0.3) is 0 Å². The minimum atomic E-state index is -1.22. The second kappa shape index (κ2) is 2.28. The van der Waals surface area contributed by atoms with Gasteiger partial charge in [-0.2, -0.15) is 0 Å². The highest BCUT2D eigenvalue weighted by Gasteiger charge is 2.27. The molecule has 1 aromatic rings. The van der Waals surface area contributed by atoms with Gasteiger partial charge < -0.3 is 10.4 Å². The molecule has 2 N–H and O–H groups in total. The smallest absolute Gasteiger partial charge is 0.213 e. The Balaban J connectivity index is 2.54. The van der Waals surface area contributed by atoms with E-state index in [4.69, 9.17) is 5.11 Å². The van der Waals surface area contributed by atoms with Gasteiger partial charge in [-0.3, -0.25) is 4.79 Å². The molecule has 0 bridgehead atoms. The van der Waals surface area contributed by atoms with E-state index in [9.17, 15) is 9.18 Å². The molecule has 0 amide bonds. The first-order valence-corrected chi connectivity index (χ1v) is 3.47. The molecule has 4 heteroatoms. The number of fused-ring (bicyclic) bond motifs is 1. The van der Waals surface area contributed by atoms with Gasteiger partial charge in [0.05, 0.1) is 5.69 Å². The van der Waals surface area contributed by atoms with Gasteiger partial charge in [-0.25, -0.2) is 4.39 Å². The fraction of sp³-hybridized carbons (Fsp3) is 0.125. The zero-order chi connectivity index (χ0) is 8.72. The van der Waals surface area contributed by atoms with Crippen LogP contribution in [0.4, 0.5) is 10.1 Å². The van der Waals surface area contributed by atoms with E-state index in [1.807, 2.05) is 0 Å². The lowest BCUT2D eigenvalue weighted by molar-refractivity contribution is 0.0814. The fourth-order valence-electron chi connectivity index (χ4n) is 1.21. The van der Waals surface area contributed by atoms with Gasteiger partial charge in [0, 0.05) is 5.56 Å². The number of anilines is 1. The molecular formula is C8H6FNO2. The number of hydrogen-bond donors (Lipinski definition) is 2. The topological polar surface area (TPSA) is 49.3 Å². The molecule has 0 spiro atoms. The van der Waals surface area contributed by atoms with Crippen LogP contribution in [0.5, 0.6) is 0 Å². The number of aliphatic hydroxyl groups is 1. The molecule has 3 nitrogen and oxygen atoms in total. The molecule has 0 fully saturated rings. The van der Waals surface area contributed by atoms with Crippen LogP contribution in [0.25, 0.3) is 0 Å². The van der Waals surface area contributed by atoms with E-state index in [1.165, 1.54) is 18.2 Å². The second-order valence-corrected chi connectivity index (χ2v) is 2.60. The summed E-state index contributed by atoms with van der Waals surface area (Å²) in [5, 5.41) is 11.5. The van der Waals surface area contributed by atoms with Crippen LogP contribution in [-0.4, -0.2) is 17.1 Å². The van der Waals surface area contributed by atoms with Crippen molar-refractivity contribution in [3.63, 3.8) is 0 Å². The van der Waals surface area contributed by atoms with Crippen LogP contribution in [0.15, 0.2) is 18.2 Å². The van der Waals surface area contributed by atoms with Crippen molar-refractivity contribution in [3.8, 4) is 0 Å². The van der Waals surface area contributed by atoms with Crippen molar-refractivity contribution < 1.29 is 14.3 Å². The van der Waals surface area contributed by atoms with Crippen LogP contribution < -0.4 is 5.32 Å². The van der Waals surface area contributed by atoms with Crippen molar-refractivity contribution >= 4 is 11.5 Å². The third-order valence-electron chi connectivity index (χ3n) is 1.79. The summed E-state index contributed by atoms with van der Waals surface area (Å²) in [6.07, 6.45) is -1.22. The van der Waals surface area contributed by atoms with E-state index >= 15 is 0 Å². The Kier molecular flexibility index (Phi) is 1.38. The average Bonchev–Trinajstić information content (AvgIpc) is 2.28. The first-order valence-electron chi connectivity index (χ1n) is 3.47. The number of nitrogens with one attached hydrogen (secondary N) is 1. The summed E-state index contributed by atoms with van der Waals surface area (Å²) in [6, 6.07) is 3.73. The summed E-state index contributed by atoms with van der Waals surface area (Å²) in [5.74, 6) is -0.840. The quantitative estimate of drug-likeness (QED) is 0.599. The number of hydrogen-bond acceptors (Lipinski definition) is 3. The van der Waals surface area contributed by atoms with Crippen molar-refractivity contribution in [2.45, 2.75) is 6.23 Å². The van der Waals surface area contributed by atoms with Crippen LogP contribution >= 0.6 is 0 Å². The summed E-state index contributed by atoms with van der Waals surface area (Å²) >= 11 is 0. The third kappa shape index (κ3) is 0.887. The number of carbonyl (C=O) groups is 1. The maximum absolute atomic E-state index is 12.6. The highest BCUT2D eigenvalue weighted by Crippen LogP contribution is 2.25. The second-order valence-electron chi connectivity index (χ2n) is 2.60. The lowest BCUT2D eigenvalue weighted by Crippen LogP contribution is -2.20. The molecule has 1 aromatic carbocycles. The van der Waals surface area contributed by atoms with Gasteiger partial charge >= 0.3 is 0 Å². The van der Waals surface area contributed by atoms with Gasteiger partial charge in [0.1, 0.15) is 5.82 Å². The Hall–Kier alpha value is -1.42. The highest BCUT2D eigenvalue weighted by atomic mass is 19.1. The van der Waals surface area contributed by atoms with E-state index in [1.54, 1.807) is 0 Å². The SMILES string of the molecule is O=C1c2ccc(F)cc2NC1O. The van der Waals surface area contributed by atoms with Gasteiger partial charge in [-0.05, 0) is 18.2 Å². The predicted molar refractivity (Wildman–Crippen MR) is 40.4 cm³/mol. The number of halogens is 1. The summed E-state index contributed by atoms with van der Waals surface area (Å²) in [4.78, 5) is 11.1. The first kappa shape index (κ1) is 7.24. The van der Waals surface area contributed by atoms with Crippen molar-refractivity contribution in [1.82, 2.24) is 0 Å². The Morgan fingerprint density at radius 2 is 2.25 bits per heavy atom. The standard InChI is InChI=1S/C8H6FNO2/c9-4-1-2-5-6(3-4)10-8(12)7(5)11/h1-3,8,10,12H. The maximum Gasteiger partial charge on any atom is 0.213 e. The fourth-order valence-corrected chi connectivity index (χ4v) is 1.21. The number of Topliss-reactive ketones (excluding diaryl/α,β-unsaturated/α-hetero) is 1. The molecule has 62 valence electrons. The summed E-state index contributed by atoms with van der Waals surface area (Å²) < 4.78 is 12.6. The largest absolute Gasteiger partial charge is 0.367 e. The molecule has 0 saturated heterocycles. The van der Waals surface area contributed by atoms with E-state index < -0.39 is 17.8 Å². The first-order chi connectivity index (χ1) is 5.68. The molecule has 1 atom stereocenters. The van der Waals surface area contributed by atoms with Crippen molar-refractivity contribution in [2.75, 3.05) is 5.32 Å². The van der Waals surface area contributed by atoms with Gasteiger partial charge in [0.2, 0.25) is 5.78 Å². The normalized spacial score (nSPS) is 20.5. The van der Waals surface area contributed by atoms with Crippen molar-refractivity contribution in [1.29, 1.82) is 0 Å². The van der Waals surface area contributed by atoms with Crippen molar-refractivity contribution in [3.05, 3.63) is 29.6 Å².